The molecule has 0 aliphatic rings. The normalized spacial score (nSPS) is 11.6. The molecule has 0 saturated heterocycles. The van der Waals surface area contributed by atoms with Crippen molar-refractivity contribution < 1.29 is 9.32 Å². The smallest absolute Gasteiger partial charge is 0.259 e. The molecule has 0 aromatic carbocycles. The molecule has 0 aliphatic carbocycles. The van der Waals surface area contributed by atoms with Gasteiger partial charge < -0.3 is 4.52 Å². The molecule has 3 heterocycles. The van der Waals surface area contributed by atoms with Crippen LogP contribution in [0.5, 0.6) is 0 Å². The molecule has 3 aromatic heterocycles. The Balaban J connectivity index is 1.80. The van der Waals surface area contributed by atoms with Crippen molar-refractivity contribution in [2.75, 3.05) is 5.32 Å². The molecule has 1 N–H and O–H groups in total. The van der Waals surface area contributed by atoms with Crippen LogP contribution in [0.15, 0.2) is 16.8 Å². The Bertz CT molecular complexity index is 868. The van der Waals surface area contributed by atoms with E-state index in [9.17, 15) is 4.79 Å². The van der Waals surface area contributed by atoms with Gasteiger partial charge in [-0.05, 0) is 17.9 Å². The van der Waals surface area contributed by atoms with Gasteiger partial charge in [-0.1, -0.05) is 44.2 Å². The molecule has 0 bridgehead atoms. The molecule has 1 amide bonds. The minimum atomic E-state index is -0.271. The topological polar surface area (TPSA) is 93.8 Å². The number of fused-ring (bicyclic) bond motifs is 1. The Hall–Kier alpha value is -2.35. The Morgan fingerprint density at radius 1 is 1.29 bits per heavy atom. The second-order valence-corrected chi connectivity index (χ2v) is 7.41. The van der Waals surface area contributed by atoms with Crippen molar-refractivity contribution in [3.63, 3.8) is 0 Å². The lowest BCUT2D eigenvalue weighted by Crippen LogP contribution is -2.12. The molecule has 0 fully saturated rings. The molecule has 0 spiro atoms. The number of hydrogen-bond acceptors (Lipinski definition) is 7. The van der Waals surface area contributed by atoms with Gasteiger partial charge in [-0.3, -0.25) is 10.1 Å². The van der Waals surface area contributed by atoms with Crippen LogP contribution in [0.1, 0.15) is 54.7 Å². The van der Waals surface area contributed by atoms with Gasteiger partial charge >= 0.3 is 0 Å². The van der Waals surface area contributed by atoms with Crippen LogP contribution in [0.4, 0.5) is 5.13 Å². The van der Waals surface area contributed by atoms with E-state index in [1.165, 1.54) is 17.5 Å². The third kappa shape index (κ3) is 3.43. The molecule has 7 nitrogen and oxygen atoms in total. The van der Waals surface area contributed by atoms with Gasteiger partial charge in [0.15, 0.2) is 0 Å². The molecule has 24 heavy (non-hydrogen) atoms. The van der Waals surface area contributed by atoms with Crippen molar-refractivity contribution in [1.82, 2.24) is 20.3 Å². The maximum atomic E-state index is 12.4. The Kier molecular flexibility index (Phi) is 4.57. The number of anilines is 1. The minimum Gasteiger partial charge on any atom is -0.336 e. The maximum Gasteiger partial charge on any atom is 0.259 e. The summed E-state index contributed by atoms with van der Waals surface area (Å²) in [6.45, 7) is 8.26. The first-order valence-electron chi connectivity index (χ1n) is 7.83. The number of nitrogens with zero attached hydrogens (tertiary/aromatic N) is 4. The van der Waals surface area contributed by atoms with Crippen LogP contribution in [0, 0.1) is 5.92 Å². The van der Waals surface area contributed by atoms with Gasteiger partial charge in [-0.2, -0.15) is 0 Å². The maximum absolute atomic E-state index is 12.4. The van der Waals surface area contributed by atoms with E-state index in [2.05, 4.69) is 39.5 Å². The molecule has 126 valence electrons. The minimum absolute atomic E-state index is 0.188. The Morgan fingerprint density at radius 2 is 2.08 bits per heavy atom. The van der Waals surface area contributed by atoms with Crippen molar-refractivity contribution >= 4 is 33.5 Å². The lowest BCUT2D eigenvalue weighted by molar-refractivity contribution is 0.102. The molecule has 0 aliphatic heterocycles. The Labute approximate surface area is 143 Å². The summed E-state index contributed by atoms with van der Waals surface area (Å²) in [5.74, 6) is 0.414. The zero-order valence-corrected chi connectivity index (χ0v) is 14.8. The van der Waals surface area contributed by atoms with E-state index in [4.69, 9.17) is 4.52 Å². The summed E-state index contributed by atoms with van der Waals surface area (Å²) in [5, 5.41) is 17.1. The monoisotopic (exact) mass is 345 g/mol. The average molecular weight is 345 g/mol. The van der Waals surface area contributed by atoms with Crippen molar-refractivity contribution in [3.05, 3.63) is 28.5 Å². The number of carbonyl (C=O) groups excluding carboxylic acids is 1. The number of pyridine rings is 1. The van der Waals surface area contributed by atoms with E-state index in [0.717, 1.165) is 22.5 Å². The van der Waals surface area contributed by atoms with E-state index in [1.54, 1.807) is 6.07 Å². The summed E-state index contributed by atoms with van der Waals surface area (Å²) in [6, 6.07) is 1.75. The van der Waals surface area contributed by atoms with Gasteiger partial charge in [-0.15, -0.1) is 10.2 Å². The second-order valence-electron chi connectivity index (χ2n) is 6.35. The zero-order chi connectivity index (χ0) is 17.3. The van der Waals surface area contributed by atoms with E-state index < -0.39 is 0 Å². The largest absolute Gasteiger partial charge is 0.336 e. The summed E-state index contributed by atoms with van der Waals surface area (Å²) in [5.41, 5.74) is 1.67. The van der Waals surface area contributed by atoms with Crippen molar-refractivity contribution in [1.29, 1.82) is 0 Å². The molecular formula is C16H19N5O2S. The van der Waals surface area contributed by atoms with E-state index in [-0.39, 0.29) is 11.8 Å². The highest BCUT2D eigenvalue weighted by atomic mass is 32.1. The van der Waals surface area contributed by atoms with Crippen LogP contribution in [0.2, 0.25) is 0 Å². The van der Waals surface area contributed by atoms with Gasteiger partial charge in [0.2, 0.25) is 5.13 Å². The predicted octanol–water partition coefficient (Wildman–Crippen LogP) is 3.65. The highest BCUT2D eigenvalue weighted by Gasteiger charge is 2.17. The van der Waals surface area contributed by atoms with Crippen molar-refractivity contribution in [3.8, 4) is 0 Å². The van der Waals surface area contributed by atoms with Gasteiger partial charge in [0.05, 0.1) is 16.6 Å². The zero-order valence-electron chi connectivity index (χ0n) is 14.0. The van der Waals surface area contributed by atoms with Crippen LogP contribution < -0.4 is 5.32 Å². The SMILES string of the molecule is CC(C)Cc1nnc(NC(=O)c2cnc3onc(C(C)C)c3c2)s1. The fourth-order valence-corrected chi connectivity index (χ4v) is 3.24. The van der Waals surface area contributed by atoms with Crippen LogP contribution in [-0.2, 0) is 6.42 Å². The molecule has 8 heteroatoms. The molecular weight excluding hydrogens is 326 g/mol. The third-order valence-corrected chi connectivity index (χ3v) is 4.30. The van der Waals surface area contributed by atoms with E-state index in [1.807, 2.05) is 13.8 Å². The summed E-state index contributed by atoms with van der Waals surface area (Å²) < 4.78 is 5.19. The van der Waals surface area contributed by atoms with Crippen LogP contribution in [-0.4, -0.2) is 26.2 Å². The molecule has 3 rings (SSSR count). The third-order valence-electron chi connectivity index (χ3n) is 3.44. The fraction of sp³-hybridized carbons (Fsp3) is 0.438. The number of rotatable bonds is 5. The van der Waals surface area contributed by atoms with Gasteiger partial charge in [0.25, 0.3) is 11.6 Å². The lowest BCUT2D eigenvalue weighted by Gasteiger charge is -2.02. The number of carbonyl (C=O) groups is 1. The Morgan fingerprint density at radius 3 is 2.79 bits per heavy atom. The number of nitrogens with one attached hydrogen (secondary N) is 1. The molecule has 0 radical (unpaired) electrons. The average Bonchev–Trinajstić information content (AvgIpc) is 3.12. The molecule has 3 aromatic rings. The first-order chi connectivity index (χ1) is 11.4. The van der Waals surface area contributed by atoms with Gasteiger partial charge in [-0.25, -0.2) is 4.98 Å². The van der Waals surface area contributed by atoms with Crippen molar-refractivity contribution in [2.45, 2.75) is 40.0 Å². The summed E-state index contributed by atoms with van der Waals surface area (Å²) in [4.78, 5) is 16.6. The standard InChI is InChI=1S/C16H19N5O2S/c1-8(2)5-12-19-20-16(24-12)18-14(22)10-6-11-13(9(3)4)21-23-15(11)17-7-10/h6-9H,5H2,1-4H3,(H,18,20,22). The predicted molar refractivity (Wildman–Crippen MR) is 92.3 cm³/mol. The van der Waals surface area contributed by atoms with Crippen LogP contribution >= 0.6 is 11.3 Å². The van der Waals surface area contributed by atoms with Crippen LogP contribution in [0.3, 0.4) is 0 Å². The number of hydrogen-bond donors (Lipinski definition) is 1. The quantitative estimate of drug-likeness (QED) is 0.758. The summed E-state index contributed by atoms with van der Waals surface area (Å²) in [7, 11) is 0. The number of amides is 1. The molecule has 0 unspecified atom stereocenters. The lowest BCUT2D eigenvalue weighted by atomic mass is 10.1. The van der Waals surface area contributed by atoms with Crippen molar-refractivity contribution in [2.24, 2.45) is 5.92 Å². The van der Waals surface area contributed by atoms with E-state index >= 15 is 0 Å². The summed E-state index contributed by atoms with van der Waals surface area (Å²) >= 11 is 1.39. The van der Waals surface area contributed by atoms with Gasteiger partial charge in [0, 0.05) is 12.6 Å². The van der Waals surface area contributed by atoms with E-state index in [0.29, 0.717) is 22.3 Å². The second kappa shape index (κ2) is 6.64. The van der Waals surface area contributed by atoms with Gasteiger partial charge in [0.1, 0.15) is 5.01 Å². The first kappa shape index (κ1) is 16.5. The fourth-order valence-electron chi connectivity index (χ4n) is 2.30. The number of aromatic nitrogens is 4. The molecule has 0 saturated carbocycles. The summed E-state index contributed by atoms with van der Waals surface area (Å²) in [6.07, 6.45) is 2.32. The first-order valence-corrected chi connectivity index (χ1v) is 8.64. The highest BCUT2D eigenvalue weighted by Crippen LogP contribution is 2.25. The highest BCUT2D eigenvalue weighted by molar-refractivity contribution is 7.15. The molecule has 0 atom stereocenters. The van der Waals surface area contributed by atoms with Crippen LogP contribution in [0.25, 0.3) is 11.1 Å².